The van der Waals surface area contributed by atoms with Crippen LogP contribution in [0.15, 0.2) is 53.1 Å². The first-order valence-electron chi connectivity index (χ1n) is 7.65. The minimum Gasteiger partial charge on any atom is -0.467 e. The maximum absolute atomic E-state index is 10.1. The first-order chi connectivity index (χ1) is 10.2. The fraction of sp³-hybridized carbons (Fsp3) is 0.444. The highest BCUT2D eigenvalue weighted by molar-refractivity contribution is 5.14. The first kappa shape index (κ1) is 15.8. The monoisotopic (exact) mass is 287 g/mol. The number of hydrogen-bond acceptors (Lipinski definition) is 3. The van der Waals surface area contributed by atoms with E-state index in [1.807, 2.05) is 6.07 Å². The number of furan rings is 1. The van der Waals surface area contributed by atoms with Crippen molar-refractivity contribution in [3.63, 3.8) is 0 Å². The molecule has 3 heteroatoms. The van der Waals surface area contributed by atoms with Gasteiger partial charge in [0.15, 0.2) is 0 Å². The van der Waals surface area contributed by atoms with Crippen LogP contribution in [0.3, 0.4) is 0 Å². The summed E-state index contributed by atoms with van der Waals surface area (Å²) in [7, 11) is 0. The van der Waals surface area contributed by atoms with Crippen molar-refractivity contribution < 1.29 is 9.52 Å². The molecule has 1 aromatic carbocycles. The number of hydrogen-bond donors (Lipinski definition) is 2. The SMILES string of the molecule is CC(C)C(CCc1ccccc1)NCC(O)c1ccco1. The Morgan fingerprint density at radius 1 is 1.10 bits per heavy atom. The van der Waals surface area contributed by atoms with E-state index in [9.17, 15) is 5.11 Å². The molecule has 2 unspecified atom stereocenters. The Bertz CT molecular complexity index is 493. The third kappa shape index (κ3) is 5.03. The lowest BCUT2D eigenvalue weighted by molar-refractivity contribution is 0.139. The van der Waals surface area contributed by atoms with Crippen LogP contribution in [-0.4, -0.2) is 17.7 Å². The van der Waals surface area contributed by atoms with Crippen LogP contribution >= 0.6 is 0 Å². The third-order valence-corrected chi connectivity index (χ3v) is 3.84. The zero-order chi connectivity index (χ0) is 15.1. The quantitative estimate of drug-likeness (QED) is 0.780. The average Bonchev–Trinajstić information content (AvgIpc) is 3.02. The van der Waals surface area contributed by atoms with Gasteiger partial charge in [-0.05, 0) is 36.5 Å². The summed E-state index contributed by atoms with van der Waals surface area (Å²) in [5.74, 6) is 1.14. The zero-order valence-corrected chi connectivity index (χ0v) is 12.8. The van der Waals surface area contributed by atoms with Crippen LogP contribution in [0.2, 0.25) is 0 Å². The van der Waals surface area contributed by atoms with Crippen LogP contribution < -0.4 is 5.32 Å². The van der Waals surface area contributed by atoms with E-state index in [-0.39, 0.29) is 0 Å². The molecule has 114 valence electrons. The summed E-state index contributed by atoms with van der Waals surface area (Å²) in [5, 5.41) is 13.5. The second kappa shape index (κ2) is 8.01. The molecule has 0 bridgehead atoms. The smallest absolute Gasteiger partial charge is 0.133 e. The lowest BCUT2D eigenvalue weighted by atomic mass is 9.96. The Morgan fingerprint density at radius 2 is 1.86 bits per heavy atom. The van der Waals surface area contributed by atoms with Gasteiger partial charge in [-0.3, -0.25) is 0 Å². The van der Waals surface area contributed by atoms with Crippen molar-refractivity contribution in [2.24, 2.45) is 5.92 Å². The average molecular weight is 287 g/mol. The molecule has 0 saturated heterocycles. The molecule has 0 radical (unpaired) electrons. The molecule has 2 atom stereocenters. The molecule has 1 heterocycles. The second-order valence-corrected chi connectivity index (χ2v) is 5.81. The molecular weight excluding hydrogens is 262 g/mol. The summed E-state index contributed by atoms with van der Waals surface area (Å²) in [6, 6.07) is 14.5. The van der Waals surface area contributed by atoms with Gasteiger partial charge in [-0.25, -0.2) is 0 Å². The first-order valence-corrected chi connectivity index (χ1v) is 7.65. The molecule has 2 rings (SSSR count). The van der Waals surface area contributed by atoms with E-state index in [1.165, 1.54) is 5.56 Å². The molecule has 0 aliphatic rings. The van der Waals surface area contributed by atoms with E-state index >= 15 is 0 Å². The molecule has 0 fully saturated rings. The Hall–Kier alpha value is -1.58. The van der Waals surface area contributed by atoms with Crippen molar-refractivity contribution in [1.29, 1.82) is 0 Å². The van der Waals surface area contributed by atoms with Crippen molar-refractivity contribution in [2.45, 2.75) is 38.8 Å². The Morgan fingerprint density at radius 3 is 2.48 bits per heavy atom. The molecule has 0 spiro atoms. The van der Waals surface area contributed by atoms with Crippen molar-refractivity contribution in [3.05, 3.63) is 60.1 Å². The molecule has 0 aliphatic heterocycles. The summed E-state index contributed by atoms with van der Waals surface area (Å²) in [4.78, 5) is 0. The highest BCUT2D eigenvalue weighted by atomic mass is 16.4. The number of aliphatic hydroxyl groups excluding tert-OH is 1. The molecule has 3 nitrogen and oxygen atoms in total. The Balaban J connectivity index is 1.82. The Kier molecular flexibility index (Phi) is 6.03. The van der Waals surface area contributed by atoms with Gasteiger partial charge in [0, 0.05) is 12.6 Å². The minimum atomic E-state index is -0.585. The standard InChI is InChI=1S/C18H25NO2/c1-14(2)16(11-10-15-7-4-3-5-8-15)19-13-17(20)18-9-6-12-21-18/h3-9,12,14,16-17,19-20H,10-11,13H2,1-2H3. The highest BCUT2D eigenvalue weighted by Gasteiger charge is 2.16. The van der Waals surface area contributed by atoms with Gasteiger partial charge in [-0.1, -0.05) is 44.2 Å². The van der Waals surface area contributed by atoms with Crippen LogP contribution in [-0.2, 0) is 6.42 Å². The van der Waals surface area contributed by atoms with E-state index < -0.39 is 6.10 Å². The third-order valence-electron chi connectivity index (χ3n) is 3.84. The summed E-state index contributed by atoms with van der Waals surface area (Å²) in [6.07, 6.45) is 3.12. The molecule has 0 aliphatic carbocycles. The predicted octanol–water partition coefficient (Wildman–Crippen LogP) is 3.56. The fourth-order valence-electron chi connectivity index (χ4n) is 2.48. The maximum Gasteiger partial charge on any atom is 0.133 e. The topological polar surface area (TPSA) is 45.4 Å². The summed E-state index contributed by atoms with van der Waals surface area (Å²) >= 11 is 0. The predicted molar refractivity (Wildman–Crippen MR) is 85.1 cm³/mol. The summed E-state index contributed by atoms with van der Waals surface area (Å²) < 4.78 is 5.23. The molecule has 2 aromatic rings. The molecule has 0 amide bonds. The van der Waals surface area contributed by atoms with Crippen LogP contribution in [0.25, 0.3) is 0 Å². The van der Waals surface area contributed by atoms with Gasteiger partial charge in [0.25, 0.3) is 0 Å². The van der Waals surface area contributed by atoms with Crippen molar-refractivity contribution >= 4 is 0 Å². The summed E-state index contributed by atoms with van der Waals surface area (Å²) in [5.41, 5.74) is 1.36. The van der Waals surface area contributed by atoms with Crippen molar-refractivity contribution in [1.82, 2.24) is 5.32 Å². The van der Waals surface area contributed by atoms with Gasteiger partial charge in [-0.15, -0.1) is 0 Å². The summed E-state index contributed by atoms with van der Waals surface area (Å²) in [6.45, 7) is 4.94. The fourth-order valence-corrected chi connectivity index (χ4v) is 2.48. The van der Waals surface area contributed by atoms with Gasteiger partial charge in [0.05, 0.1) is 6.26 Å². The normalized spacial score (nSPS) is 14.3. The van der Waals surface area contributed by atoms with E-state index in [2.05, 4.69) is 43.4 Å². The van der Waals surface area contributed by atoms with Gasteiger partial charge >= 0.3 is 0 Å². The van der Waals surface area contributed by atoms with Crippen LogP contribution in [0.1, 0.15) is 37.7 Å². The van der Waals surface area contributed by atoms with Crippen molar-refractivity contribution in [3.8, 4) is 0 Å². The lowest BCUT2D eigenvalue weighted by Crippen LogP contribution is -2.37. The van der Waals surface area contributed by atoms with Gasteiger partial charge in [0.2, 0.25) is 0 Å². The van der Waals surface area contributed by atoms with E-state index in [0.29, 0.717) is 24.3 Å². The van der Waals surface area contributed by atoms with Crippen molar-refractivity contribution in [2.75, 3.05) is 6.54 Å². The Labute approximate surface area is 127 Å². The molecular formula is C18H25NO2. The number of aliphatic hydroxyl groups is 1. The van der Waals surface area contributed by atoms with E-state index in [1.54, 1.807) is 18.4 Å². The lowest BCUT2D eigenvalue weighted by Gasteiger charge is -2.23. The molecule has 2 N–H and O–H groups in total. The van der Waals surface area contributed by atoms with Gasteiger partial charge in [0.1, 0.15) is 11.9 Å². The highest BCUT2D eigenvalue weighted by Crippen LogP contribution is 2.15. The number of rotatable bonds is 8. The number of nitrogens with one attached hydrogen (secondary N) is 1. The number of aryl methyl sites for hydroxylation is 1. The van der Waals surface area contributed by atoms with Crippen LogP contribution in [0.5, 0.6) is 0 Å². The minimum absolute atomic E-state index is 0.384. The largest absolute Gasteiger partial charge is 0.467 e. The zero-order valence-electron chi connectivity index (χ0n) is 12.8. The van der Waals surface area contributed by atoms with Crippen LogP contribution in [0, 0.1) is 5.92 Å². The van der Waals surface area contributed by atoms with Gasteiger partial charge in [-0.2, -0.15) is 0 Å². The van der Waals surface area contributed by atoms with E-state index in [0.717, 1.165) is 12.8 Å². The molecule has 1 aromatic heterocycles. The van der Waals surface area contributed by atoms with Crippen LogP contribution in [0.4, 0.5) is 0 Å². The molecule has 21 heavy (non-hydrogen) atoms. The maximum atomic E-state index is 10.1. The van der Waals surface area contributed by atoms with Gasteiger partial charge < -0.3 is 14.8 Å². The second-order valence-electron chi connectivity index (χ2n) is 5.81. The molecule has 0 saturated carbocycles. The number of benzene rings is 1. The van der Waals surface area contributed by atoms with E-state index in [4.69, 9.17) is 4.42 Å².